The lowest BCUT2D eigenvalue weighted by Crippen LogP contribution is -2.55. The van der Waals surface area contributed by atoms with Gasteiger partial charge in [-0.25, -0.2) is 0 Å². The molecular weight excluding hydrogens is 376 g/mol. The fraction of sp³-hybridized carbons (Fsp3) is 0.692. The van der Waals surface area contributed by atoms with E-state index in [9.17, 15) is 9.59 Å². The second-order valence-electron chi connectivity index (χ2n) is 9.08. The molecule has 4 nitrogen and oxygen atoms in total. The number of ether oxygens (including phenoxy) is 2. The van der Waals surface area contributed by atoms with Crippen molar-refractivity contribution in [3.63, 3.8) is 0 Å². The lowest BCUT2D eigenvalue weighted by Gasteiger charge is -2.44. The number of rotatable bonds is 9. The summed E-state index contributed by atoms with van der Waals surface area (Å²) < 4.78 is 11.7. The van der Waals surface area contributed by atoms with Gasteiger partial charge in [0, 0.05) is 0 Å². The van der Waals surface area contributed by atoms with Crippen LogP contribution in [-0.2, 0) is 14.3 Å². The molecule has 4 heteroatoms. The Bertz CT molecular complexity index is 639. The molecule has 1 aromatic rings. The molecule has 0 N–H and O–H groups in total. The van der Waals surface area contributed by atoms with Gasteiger partial charge < -0.3 is 9.47 Å². The van der Waals surface area contributed by atoms with E-state index in [4.69, 9.17) is 9.47 Å². The largest absolute Gasteiger partial charge is 0.465 e. The highest BCUT2D eigenvalue weighted by atomic mass is 16.6. The Balaban J connectivity index is 1.93. The lowest BCUT2D eigenvalue weighted by atomic mass is 9.58. The monoisotopic (exact) mass is 414 g/mol. The van der Waals surface area contributed by atoms with Gasteiger partial charge in [0.1, 0.15) is 5.75 Å². The van der Waals surface area contributed by atoms with Gasteiger partial charge in [0.05, 0.1) is 6.61 Å². The number of hydrogen-bond donors (Lipinski definition) is 0. The van der Waals surface area contributed by atoms with Crippen molar-refractivity contribution in [2.75, 3.05) is 6.61 Å². The lowest BCUT2D eigenvalue weighted by molar-refractivity contribution is -0.180. The van der Waals surface area contributed by atoms with Crippen molar-refractivity contribution >= 4 is 11.9 Å². The Hall–Kier alpha value is -1.84. The van der Waals surface area contributed by atoms with Crippen LogP contribution in [0.15, 0.2) is 30.3 Å². The first-order chi connectivity index (χ1) is 14.7. The number of unbranched alkanes of at least 4 members (excludes halogenated alkanes) is 2. The molecule has 0 saturated heterocycles. The summed E-state index contributed by atoms with van der Waals surface area (Å²) in [5.41, 5.74) is -1.16. The summed E-state index contributed by atoms with van der Waals surface area (Å²) in [6.07, 6.45) is 13.2. The summed E-state index contributed by atoms with van der Waals surface area (Å²) in [4.78, 5) is 27.6. The minimum atomic E-state index is -1.16. The molecule has 2 aliphatic rings. The van der Waals surface area contributed by atoms with Crippen LogP contribution >= 0.6 is 0 Å². The molecule has 0 radical (unpaired) electrons. The second kappa shape index (κ2) is 11.5. The van der Waals surface area contributed by atoms with E-state index in [0.717, 1.165) is 70.6 Å². The quantitative estimate of drug-likeness (QED) is 0.201. The first-order valence-electron chi connectivity index (χ1n) is 12.1. The molecule has 1 aromatic carbocycles. The molecule has 0 aromatic heterocycles. The number of esters is 2. The van der Waals surface area contributed by atoms with E-state index in [-0.39, 0.29) is 23.8 Å². The van der Waals surface area contributed by atoms with Crippen molar-refractivity contribution in [3.8, 4) is 5.75 Å². The summed E-state index contributed by atoms with van der Waals surface area (Å²) in [6, 6.07) is 9.19. The molecule has 0 aliphatic heterocycles. The molecule has 0 spiro atoms. The smallest absolute Gasteiger partial charge is 0.329 e. The number of hydrogen-bond acceptors (Lipinski definition) is 4. The fourth-order valence-electron chi connectivity index (χ4n) is 5.52. The maximum absolute atomic E-state index is 13.8. The molecule has 2 saturated carbocycles. The van der Waals surface area contributed by atoms with Crippen LogP contribution in [0.1, 0.15) is 90.4 Å². The first-order valence-corrected chi connectivity index (χ1v) is 12.1. The second-order valence-corrected chi connectivity index (χ2v) is 9.08. The number of benzene rings is 1. The van der Waals surface area contributed by atoms with E-state index < -0.39 is 5.41 Å². The maximum Gasteiger partial charge on any atom is 0.329 e. The van der Waals surface area contributed by atoms with E-state index in [2.05, 4.69) is 6.92 Å². The zero-order chi connectivity index (χ0) is 21.2. The number of carbonyl (C=O) groups is 2. The van der Waals surface area contributed by atoms with Crippen LogP contribution in [0.3, 0.4) is 0 Å². The average Bonchev–Trinajstić information content (AvgIpc) is 2.79. The SMILES string of the molecule is CCCCCOC(=O)C(C(=O)Oc1ccccc1)(C1CCCCC1)C1CCCCC1. The van der Waals surface area contributed by atoms with Crippen molar-refractivity contribution < 1.29 is 19.1 Å². The van der Waals surface area contributed by atoms with E-state index in [0.29, 0.717) is 12.4 Å². The van der Waals surface area contributed by atoms with Crippen molar-refractivity contribution in [2.45, 2.75) is 90.4 Å². The van der Waals surface area contributed by atoms with E-state index in [1.54, 1.807) is 12.1 Å². The van der Waals surface area contributed by atoms with E-state index in [1.165, 1.54) is 12.8 Å². The van der Waals surface area contributed by atoms with Crippen LogP contribution < -0.4 is 4.74 Å². The predicted octanol–water partition coefficient (Wildman–Crippen LogP) is 6.47. The molecule has 166 valence electrons. The summed E-state index contributed by atoms with van der Waals surface area (Å²) in [5.74, 6) is -0.155. The molecule has 0 atom stereocenters. The van der Waals surface area contributed by atoms with Crippen LogP contribution in [0.2, 0.25) is 0 Å². The zero-order valence-electron chi connectivity index (χ0n) is 18.6. The van der Waals surface area contributed by atoms with Crippen molar-refractivity contribution in [1.82, 2.24) is 0 Å². The topological polar surface area (TPSA) is 52.6 Å². The molecule has 0 bridgehead atoms. The Labute approximate surface area is 181 Å². The third-order valence-electron chi connectivity index (χ3n) is 7.11. The summed E-state index contributed by atoms with van der Waals surface area (Å²) in [5, 5.41) is 0. The minimum Gasteiger partial charge on any atom is -0.465 e. The maximum atomic E-state index is 13.8. The van der Waals surface area contributed by atoms with E-state index >= 15 is 0 Å². The standard InChI is InChI=1S/C26H38O4/c1-2-3-13-20-29-24(27)26(21-14-7-4-8-15-21,22-16-9-5-10-17-22)25(28)30-23-18-11-6-12-19-23/h6,11-12,18-19,21-22H,2-5,7-10,13-17,20H2,1H3. The van der Waals surface area contributed by atoms with Gasteiger partial charge in [-0.1, -0.05) is 76.5 Å². The van der Waals surface area contributed by atoms with Crippen LogP contribution in [0.25, 0.3) is 0 Å². The molecule has 0 amide bonds. The van der Waals surface area contributed by atoms with Gasteiger partial charge in [0.15, 0.2) is 5.41 Å². The highest BCUT2D eigenvalue weighted by Gasteiger charge is 2.59. The third-order valence-corrected chi connectivity index (χ3v) is 7.11. The Morgan fingerprint density at radius 3 is 1.93 bits per heavy atom. The minimum absolute atomic E-state index is 0.0178. The van der Waals surface area contributed by atoms with Gasteiger partial charge in [0.2, 0.25) is 0 Å². The van der Waals surface area contributed by atoms with Crippen LogP contribution in [-0.4, -0.2) is 18.5 Å². The van der Waals surface area contributed by atoms with Gasteiger partial charge in [-0.3, -0.25) is 9.59 Å². The van der Waals surface area contributed by atoms with Gasteiger partial charge in [-0.2, -0.15) is 0 Å². The van der Waals surface area contributed by atoms with Crippen LogP contribution in [0.4, 0.5) is 0 Å². The molecule has 30 heavy (non-hydrogen) atoms. The van der Waals surface area contributed by atoms with Crippen LogP contribution in [0, 0.1) is 17.3 Å². The predicted molar refractivity (Wildman–Crippen MR) is 118 cm³/mol. The molecule has 0 unspecified atom stereocenters. The van der Waals surface area contributed by atoms with Crippen molar-refractivity contribution in [1.29, 1.82) is 0 Å². The number of carbonyl (C=O) groups excluding carboxylic acids is 2. The Morgan fingerprint density at radius 1 is 0.833 bits per heavy atom. The summed E-state index contributed by atoms with van der Waals surface area (Å²) >= 11 is 0. The van der Waals surface area contributed by atoms with Crippen molar-refractivity contribution in [2.24, 2.45) is 17.3 Å². The van der Waals surface area contributed by atoms with Gasteiger partial charge in [-0.05, 0) is 56.1 Å². The Kier molecular flexibility index (Phi) is 8.77. The zero-order valence-corrected chi connectivity index (χ0v) is 18.6. The molecule has 2 fully saturated rings. The van der Waals surface area contributed by atoms with E-state index in [1.807, 2.05) is 18.2 Å². The summed E-state index contributed by atoms with van der Waals surface area (Å²) in [7, 11) is 0. The highest BCUT2D eigenvalue weighted by Crippen LogP contribution is 2.50. The number of para-hydroxylation sites is 1. The van der Waals surface area contributed by atoms with Gasteiger partial charge in [-0.15, -0.1) is 0 Å². The molecule has 2 aliphatic carbocycles. The average molecular weight is 415 g/mol. The molecule has 0 heterocycles. The Morgan fingerprint density at radius 2 is 1.40 bits per heavy atom. The third kappa shape index (κ3) is 5.25. The molecule has 3 rings (SSSR count). The van der Waals surface area contributed by atoms with Crippen molar-refractivity contribution in [3.05, 3.63) is 30.3 Å². The molecular formula is C26H38O4. The van der Waals surface area contributed by atoms with Gasteiger partial charge >= 0.3 is 11.9 Å². The highest BCUT2D eigenvalue weighted by molar-refractivity contribution is 6.01. The first kappa shape index (κ1) is 22.8. The normalized spacial score (nSPS) is 18.7. The summed E-state index contributed by atoms with van der Waals surface area (Å²) in [6.45, 7) is 2.53. The fourth-order valence-corrected chi connectivity index (χ4v) is 5.52. The van der Waals surface area contributed by atoms with Gasteiger partial charge in [0.25, 0.3) is 0 Å². The van der Waals surface area contributed by atoms with Crippen LogP contribution in [0.5, 0.6) is 5.75 Å².